The van der Waals surface area contributed by atoms with Gasteiger partial charge in [0.25, 0.3) is 15.9 Å². The Hall–Kier alpha value is -3.55. The highest BCUT2D eigenvalue weighted by Crippen LogP contribution is 2.30. The average molecular weight is 453 g/mol. The SMILES string of the molecule is O=C(Nc1ccccc1NS(=O)(=O)c1ccccc1)c1ccc(-c2ccccc2Cl)o1. The summed E-state index contributed by atoms with van der Waals surface area (Å²) in [5, 5.41) is 3.19. The Morgan fingerprint density at radius 2 is 1.42 bits per heavy atom. The lowest BCUT2D eigenvalue weighted by Gasteiger charge is -2.13. The quantitative estimate of drug-likeness (QED) is 0.395. The molecule has 0 saturated heterocycles. The summed E-state index contributed by atoms with van der Waals surface area (Å²) in [4.78, 5) is 12.8. The molecule has 0 radical (unpaired) electrons. The number of sulfonamides is 1. The molecule has 0 aliphatic carbocycles. The number of halogens is 1. The minimum Gasteiger partial charge on any atom is -0.451 e. The first-order valence-electron chi connectivity index (χ1n) is 9.27. The summed E-state index contributed by atoms with van der Waals surface area (Å²) in [7, 11) is -3.81. The first-order chi connectivity index (χ1) is 14.9. The van der Waals surface area contributed by atoms with Crippen LogP contribution >= 0.6 is 11.6 Å². The summed E-state index contributed by atoms with van der Waals surface area (Å²) in [5.41, 5.74) is 1.19. The molecule has 0 fully saturated rings. The van der Waals surface area contributed by atoms with Gasteiger partial charge in [-0.1, -0.05) is 54.1 Å². The van der Waals surface area contributed by atoms with Crippen LogP contribution in [0.2, 0.25) is 5.02 Å². The monoisotopic (exact) mass is 452 g/mol. The smallest absolute Gasteiger partial charge is 0.291 e. The van der Waals surface area contributed by atoms with Crippen LogP contribution < -0.4 is 10.0 Å². The molecule has 0 atom stereocenters. The number of hydrogen-bond donors (Lipinski definition) is 2. The summed E-state index contributed by atoms with van der Waals surface area (Å²) in [6.07, 6.45) is 0. The summed E-state index contributed by atoms with van der Waals surface area (Å²) >= 11 is 6.18. The summed E-state index contributed by atoms with van der Waals surface area (Å²) in [5.74, 6) is -0.00545. The molecule has 1 amide bonds. The van der Waals surface area contributed by atoms with Crippen molar-refractivity contribution >= 4 is 38.9 Å². The van der Waals surface area contributed by atoms with Gasteiger partial charge >= 0.3 is 0 Å². The highest BCUT2D eigenvalue weighted by Gasteiger charge is 2.18. The lowest BCUT2D eigenvalue weighted by Crippen LogP contribution is -2.16. The molecule has 31 heavy (non-hydrogen) atoms. The van der Waals surface area contributed by atoms with Gasteiger partial charge in [-0.3, -0.25) is 9.52 Å². The standard InChI is InChI=1S/C23H17ClN2O4S/c24-18-11-5-4-10-17(18)21-14-15-22(30-21)23(27)25-19-12-6-7-13-20(19)26-31(28,29)16-8-2-1-3-9-16/h1-15,26H,(H,25,27). The molecule has 0 aliphatic heterocycles. The number of carbonyl (C=O) groups excluding carboxylic acids is 1. The number of benzene rings is 3. The molecule has 4 aromatic rings. The second kappa shape index (κ2) is 8.67. The van der Waals surface area contributed by atoms with Gasteiger partial charge in [-0.25, -0.2) is 8.42 Å². The van der Waals surface area contributed by atoms with E-state index in [0.717, 1.165) is 0 Å². The van der Waals surface area contributed by atoms with Gasteiger partial charge in [-0.05, 0) is 48.5 Å². The van der Waals surface area contributed by atoms with Crippen molar-refractivity contribution < 1.29 is 17.6 Å². The van der Waals surface area contributed by atoms with E-state index in [-0.39, 0.29) is 16.3 Å². The zero-order valence-electron chi connectivity index (χ0n) is 16.1. The summed E-state index contributed by atoms with van der Waals surface area (Å²) < 4.78 is 33.5. The predicted octanol–water partition coefficient (Wildman–Crippen LogP) is 5.65. The van der Waals surface area contributed by atoms with Gasteiger partial charge in [0.1, 0.15) is 5.76 Å². The molecule has 8 heteroatoms. The third kappa shape index (κ3) is 4.63. The van der Waals surface area contributed by atoms with Crippen LogP contribution in [0, 0.1) is 0 Å². The number of amides is 1. The molecule has 1 heterocycles. The van der Waals surface area contributed by atoms with Crippen molar-refractivity contribution in [3.8, 4) is 11.3 Å². The van der Waals surface area contributed by atoms with Crippen molar-refractivity contribution in [2.45, 2.75) is 4.90 Å². The molecule has 0 unspecified atom stereocenters. The maximum atomic E-state index is 12.7. The topological polar surface area (TPSA) is 88.4 Å². The molecule has 156 valence electrons. The Bertz CT molecular complexity index is 1330. The van der Waals surface area contributed by atoms with E-state index in [4.69, 9.17) is 16.0 Å². The van der Waals surface area contributed by atoms with Crippen LogP contribution in [0.3, 0.4) is 0 Å². The molecule has 0 saturated carbocycles. The fraction of sp³-hybridized carbons (Fsp3) is 0. The Morgan fingerprint density at radius 3 is 2.16 bits per heavy atom. The number of rotatable bonds is 6. The fourth-order valence-corrected chi connectivity index (χ4v) is 4.26. The number of nitrogens with one attached hydrogen (secondary N) is 2. The first kappa shape index (κ1) is 20.7. The fourth-order valence-electron chi connectivity index (χ4n) is 2.93. The zero-order valence-corrected chi connectivity index (χ0v) is 17.7. The normalized spacial score (nSPS) is 11.1. The average Bonchev–Trinajstić information content (AvgIpc) is 3.26. The van der Waals surface area contributed by atoms with E-state index in [2.05, 4.69) is 10.0 Å². The van der Waals surface area contributed by atoms with E-state index in [0.29, 0.717) is 22.0 Å². The van der Waals surface area contributed by atoms with Crippen molar-refractivity contribution in [3.63, 3.8) is 0 Å². The van der Waals surface area contributed by atoms with Crippen molar-refractivity contribution in [2.24, 2.45) is 0 Å². The van der Waals surface area contributed by atoms with Crippen molar-refractivity contribution in [2.75, 3.05) is 10.0 Å². The molecule has 0 spiro atoms. The molecular weight excluding hydrogens is 436 g/mol. The maximum Gasteiger partial charge on any atom is 0.291 e. The lowest BCUT2D eigenvalue weighted by atomic mass is 10.2. The van der Waals surface area contributed by atoms with E-state index in [1.165, 1.54) is 18.2 Å². The van der Waals surface area contributed by atoms with E-state index in [9.17, 15) is 13.2 Å². The van der Waals surface area contributed by atoms with Crippen LogP contribution in [0.25, 0.3) is 11.3 Å². The van der Waals surface area contributed by atoms with Crippen molar-refractivity contribution in [3.05, 3.63) is 102 Å². The van der Waals surface area contributed by atoms with Gasteiger partial charge in [-0.2, -0.15) is 0 Å². The molecule has 1 aromatic heterocycles. The molecule has 4 rings (SSSR count). The van der Waals surface area contributed by atoms with Crippen LogP contribution in [0.5, 0.6) is 0 Å². The van der Waals surface area contributed by atoms with E-state index in [1.807, 2.05) is 6.07 Å². The Morgan fingerprint density at radius 1 is 0.774 bits per heavy atom. The Labute approximate surface area is 184 Å². The summed E-state index contributed by atoms with van der Waals surface area (Å²) in [6.45, 7) is 0. The van der Waals surface area contributed by atoms with Crippen molar-refractivity contribution in [1.82, 2.24) is 0 Å². The van der Waals surface area contributed by atoms with Gasteiger partial charge in [0.15, 0.2) is 5.76 Å². The van der Waals surface area contributed by atoms with Crippen LogP contribution in [-0.2, 0) is 10.0 Å². The minimum absolute atomic E-state index is 0.0654. The maximum absolute atomic E-state index is 12.7. The van der Waals surface area contributed by atoms with Gasteiger partial charge in [0, 0.05) is 5.56 Å². The number of carbonyl (C=O) groups is 1. The highest BCUT2D eigenvalue weighted by atomic mass is 35.5. The largest absolute Gasteiger partial charge is 0.451 e. The van der Waals surface area contributed by atoms with Gasteiger partial charge in [-0.15, -0.1) is 0 Å². The molecule has 0 bridgehead atoms. The Balaban J connectivity index is 1.56. The minimum atomic E-state index is -3.81. The van der Waals surface area contributed by atoms with E-state index >= 15 is 0 Å². The highest BCUT2D eigenvalue weighted by molar-refractivity contribution is 7.92. The number of para-hydroxylation sites is 2. The van der Waals surface area contributed by atoms with E-state index < -0.39 is 15.9 Å². The summed E-state index contributed by atoms with van der Waals surface area (Å²) in [6, 6.07) is 24.8. The predicted molar refractivity (Wildman–Crippen MR) is 121 cm³/mol. The lowest BCUT2D eigenvalue weighted by molar-refractivity contribution is 0.0997. The first-order valence-corrected chi connectivity index (χ1v) is 11.1. The third-order valence-electron chi connectivity index (χ3n) is 4.44. The second-order valence-electron chi connectivity index (χ2n) is 6.56. The van der Waals surface area contributed by atoms with Crippen LogP contribution in [0.15, 0.2) is 100 Å². The van der Waals surface area contributed by atoms with Crippen LogP contribution in [0.4, 0.5) is 11.4 Å². The Kier molecular flexibility index (Phi) is 5.79. The molecule has 3 aromatic carbocycles. The van der Waals surface area contributed by atoms with Gasteiger partial charge in [0.05, 0.1) is 21.3 Å². The van der Waals surface area contributed by atoms with E-state index in [1.54, 1.807) is 66.7 Å². The van der Waals surface area contributed by atoms with Gasteiger partial charge < -0.3 is 9.73 Å². The number of hydrogen-bond acceptors (Lipinski definition) is 4. The molecule has 2 N–H and O–H groups in total. The van der Waals surface area contributed by atoms with Gasteiger partial charge in [0.2, 0.25) is 0 Å². The second-order valence-corrected chi connectivity index (χ2v) is 8.65. The molecule has 6 nitrogen and oxygen atoms in total. The molecular formula is C23H17ClN2O4S. The number of furan rings is 1. The van der Waals surface area contributed by atoms with Crippen LogP contribution in [0.1, 0.15) is 10.6 Å². The zero-order chi connectivity index (χ0) is 21.8. The third-order valence-corrected chi connectivity index (χ3v) is 6.15. The molecule has 0 aliphatic rings. The number of anilines is 2. The van der Waals surface area contributed by atoms with Crippen LogP contribution in [-0.4, -0.2) is 14.3 Å². The van der Waals surface area contributed by atoms with Crippen molar-refractivity contribution in [1.29, 1.82) is 0 Å².